The summed E-state index contributed by atoms with van der Waals surface area (Å²) in [6.07, 6.45) is 1.72. The molecule has 0 bridgehead atoms. The molecule has 1 fully saturated rings. The first-order valence-corrected chi connectivity index (χ1v) is 10.8. The fourth-order valence-electron chi connectivity index (χ4n) is 3.80. The standard InChI is InChI=1S/C23H31ClN4O/c1-17-20(15-19-9-6-5-7-10-19)21(26-18(2)25-17)27-11-8-12-28(14-13-27)22(29)23(3,4)16-24/h5-7,9-10H,8,11-16H2,1-4H3. The molecule has 1 amide bonds. The summed E-state index contributed by atoms with van der Waals surface area (Å²) in [5.41, 5.74) is 2.91. The highest BCUT2D eigenvalue weighted by Gasteiger charge is 2.32. The highest BCUT2D eigenvalue weighted by molar-refractivity contribution is 6.19. The van der Waals surface area contributed by atoms with E-state index in [0.717, 1.165) is 49.8 Å². The molecule has 0 unspecified atom stereocenters. The summed E-state index contributed by atoms with van der Waals surface area (Å²) < 4.78 is 0. The first kappa shape index (κ1) is 21.6. The van der Waals surface area contributed by atoms with Gasteiger partial charge in [-0.05, 0) is 39.7 Å². The lowest BCUT2D eigenvalue weighted by molar-refractivity contribution is -0.139. The Labute approximate surface area is 179 Å². The summed E-state index contributed by atoms with van der Waals surface area (Å²) in [4.78, 5) is 26.6. The lowest BCUT2D eigenvalue weighted by atomic mass is 9.94. The number of carbonyl (C=O) groups excluding carboxylic acids is 1. The van der Waals surface area contributed by atoms with Crippen molar-refractivity contribution >= 4 is 23.3 Å². The van der Waals surface area contributed by atoms with Gasteiger partial charge >= 0.3 is 0 Å². The van der Waals surface area contributed by atoms with Crippen molar-refractivity contribution in [1.29, 1.82) is 0 Å². The van der Waals surface area contributed by atoms with Crippen LogP contribution in [0.4, 0.5) is 5.82 Å². The fraction of sp³-hybridized carbons (Fsp3) is 0.522. The van der Waals surface area contributed by atoms with Gasteiger partial charge in [0.1, 0.15) is 11.6 Å². The van der Waals surface area contributed by atoms with Crippen LogP contribution >= 0.6 is 11.6 Å². The number of aryl methyl sites for hydroxylation is 2. The number of anilines is 1. The zero-order valence-electron chi connectivity index (χ0n) is 17.9. The summed E-state index contributed by atoms with van der Waals surface area (Å²) in [7, 11) is 0. The van der Waals surface area contributed by atoms with E-state index in [4.69, 9.17) is 16.6 Å². The number of amides is 1. The molecule has 0 N–H and O–H groups in total. The monoisotopic (exact) mass is 414 g/mol. The van der Waals surface area contributed by atoms with Gasteiger partial charge in [-0.2, -0.15) is 0 Å². The van der Waals surface area contributed by atoms with E-state index in [9.17, 15) is 4.79 Å². The molecule has 1 aromatic heterocycles. The normalized spacial score (nSPS) is 15.3. The molecule has 1 aliphatic heterocycles. The Balaban J connectivity index is 1.84. The quantitative estimate of drug-likeness (QED) is 0.694. The van der Waals surface area contributed by atoms with Crippen LogP contribution in [0.15, 0.2) is 30.3 Å². The molecule has 1 aromatic carbocycles. The van der Waals surface area contributed by atoms with Crippen molar-refractivity contribution in [2.45, 2.75) is 40.5 Å². The van der Waals surface area contributed by atoms with Crippen LogP contribution in [0.5, 0.6) is 0 Å². The minimum Gasteiger partial charge on any atom is -0.354 e. The second kappa shape index (κ2) is 9.12. The van der Waals surface area contributed by atoms with E-state index in [-0.39, 0.29) is 5.91 Å². The molecule has 29 heavy (non-hydrogen) atoms. The number of aromatic nitrogens is 2. The predicted octanol–water partition coefficient (Wildman–Crippen LogP) is 3.99. The average molecular weight is 415 g/mol. The number of carbonyl (C=O) groups is 1. The second-order valence-corrected chi connectivity index (χ2v) is 8.74. The third kappa shape index (κ3) is 5.08. The molecule has 0 radical (unpaired) electrons. The predicted molar refractivity (Wildman–Crippen MR) is 119 cm³/mol. The SMILES string of the molecule is Cc1nc(C)c(Cc2ccccc2)c(N2CCCN(C(=O)C(C)(C)CCl)CC2)n1. The topological polar surface area (TPSA) is 49.3 Å². The molecule has 0 atom stereocenters. The molecule has 0 aliphatic carbocycles. The van der Waals surface area contributed by atoms with Crippen LogP contribution in [0.1, 0.15) is 42.9 Å². The Kier molecular flexibility index (Phi) is 6.78. The van der Waals surface area contributed by atoms with E-state index in [2.05, 4.69) is 41.1 Å². The highest BCUT2D eigenvalue weighted by atomic mass is 35.5. The molecule has 1 aliphatic rings. The van der Waals surface area contributed by atoms with Crippen molar-refractivity contribution < 1.29 is 4.79 Å². The largest absolute Gasteiger partial charge is 0.354 e. The van der Waals surface area contributed by atoms with Crippen LogP contribution in [-0.2, 0) is 11.2 Å². The Hall–Kier alpha value is -2.14. The number of alkyl halides is 1. The lowest BCUT2D eigenvalue weighted by Crippen LogP contribution is -2.43. The van der Waals surface area contributed by atoms with Crippen molar-refractivity contribution in [2.24, 2.45) is 5.41 Å². The zero-order valence-corrected chi connectivity index (χ0v) is 18.7. The van der Waals surface area contributed by atoms with Gasteiger partial charge in [-0.3, -0.25) is 4.79 Å². The van der Waals surface area contributed by atoms with Gasteiger partial charge in [-0.15, -0.1) is 11.6 Å². The fourth-order valence-corrected chi connectivity index (χ4v) is 3.92. The van der Waals surface area contributed by atoms with Gasteiger partial charge in [-0.1, -0.05) is 30.3 Å². The van der Waals surface area contributed by atoms with Crippen molar-refractivity contribution in [3.8, 4) is 0 Å². The van der Waals surface area contributed by atoms with E-state index in [0.29, 0.717) is 12.4 Å². The van der Waals surface area contributed by atoms with Gasteiger partial charge in [0.05, 0.1) is 5.41 Å². The number of benzene rings is 1. The smallest absolute Gasteiger partial charge is 0.229 e. The van der Waals surface area contributed by atoms with Crippen molar-refractivity contribution in [1.82, 2.24) is 14.9 Å². The highest BCUT2D eigenvalue weighted by Crippen LogP contribution is 2.26. The first-order valence-electron chi connectivity index (χ1n) is 10.3. The Morgan fingerprint density at radius 1 is 1.07 bits per heavy atom. The molecule has 3 rings (SSSR count). The van der Waals surface area contributed by atoms with E-state index in [1.807, 2.05) is 31.7 Å². The van der Waals surface area contributed by atoms with E-state index in [1.165, 1.54) is 11.1 Å². The van der Waals surface area contributed by atoms with Gasteiger partial charge < -0.3 is 9.80 Å². The molecule has 2 aromatic rings. The lowest BCUT2D eigenvalue weighted by Gasteiger charge is -2.30. The van der Waals surface area contributed by atoms with Gasteiger partial charge in [0.25, 0.3) is 0 Å². The van der Waals surface area contributed by atoms with Gasteiger partial charge in [0.2, 0.25) is 5.91 Å². The van der Waals surface area contributed by atoms with Crippen LogP contribution in [0.2, 0.25) is 0 Å². The molecular weight excluding hydrogens is 384 g/mol. The summed E-state index contributed by atoms with van der Waals surface area (Å²) >= 11 is 6.03. The van der Waals surface area contributed by atoms with Gasteiger partial charge in [-0.25, -0.2) is 9.97 Å². The minimum absolute atomic E-state index is 0.133. The Morgan fingerprint density at radius 2 is 1.79 bits per heavy atom. The summed E-state index contributed by atoms with van der Waals surface area (Å²) in [6.45, 7) is 10.9. The molecule has 156 valence electrons. The van der Waals surface area contributed by atoms with Crippen LogP contribution in [-0.4, -0.2) is 52.8 Å². The number of rotatable bonds is 5. The van der Waals surface area contributed by atoms with Crippen molar-refractivity contribution in [3.05, 3.63) is 53.0 Å². The van der Waals surface area contributed by atoms with Crippen LogP contribution in [0.25, 0.3) is 0 Å². The van der Waals surface area contributed by atoms with Crippen molar-refractivity contribution in [3.63, 3.8) is 0 Å². The van der Waals surface area contributed by atoms with E-state index in [1.54, 1.807) is 0 Å². The van der Waals surface area contributed by atoms with Crippen LogP contribution < -0.4 is 4.90 Å². The molecule has 0 spiro atoms. The molecule has 0 saturated carbocycles. The number of hydrogen-bond donors (Lipinski definition) is 0. The molecule has 2 heterocycles. The molecular formula is C23H31ClN4O. The molecule has 5 nitrogen and oxygen atoms in total. The first-order chi connectivity index (χ1) is 13.8. The summed E-state index contributed by atoms with van der Waals surface area (Å²) in [5, 5.41) is 0. The molecule has 6 heteroatoms. The number of halogens is 1. The number of nitrogens with zero attached hydrogens (tertiary/aromatic N) is 4. The second-order valence-electron chi connectivity index (χ2n) is 8.47. The third-order valence-corrected chi connectivity index (χ3v) is 6.19. The van der Waals surface area contributed by atoms with E-state index < -0.39 is 5.41 Å². The van der Waals surface area contributed by atoms with Crippen molar-refractivity contribution in [2.75, 3.05) is 37.0 Å². The summed E-state index contributed by atoms with van der Waals surface area (Å²) in [5.74, 6) is 2.26. The maximum Gasteiger partial charge on any atom is 0.229 e. The van der Waals surface area contributed by atoms with Gasteiger partial charge in [0.15, 0.2) is 0 Å². The maximum atomic E-state index is 12.9. The van der Waals surface area contributed by atoms with Crippen LogP contribution in [0, 0.1) is 19.3 Å². The summed E-state index contributed by atoms with van der Waals surface area (Å²) in [6, 6.07) is 10.4. The maximum absolute atomic E-state index is 12.9. The average Bonchev–Trinajstić information content (AvgIpc) is 2.96. The Morgan fingerprint density at radius 3 is 2.48 bits per heavy atom. The zero-order chi connectivity index (χ0) is 21.0. The number of hydrogen-bond acceptors (Lipinski definition) is 4. The third-order valence-electron chi connectivity index (χ3n) is 5.52. The van der Waals surface area contributed by atoms with Crippen LogP contribution in [0.3, 0.4) is 0 Å². The molecule has 1 saturated heterocycles. The van der Waals surface area contributed by atoms with Gasteiger partial charge in [0, 0.05) is 49.7 Å². The minimum atomic E-state index is -0.530. The Bertz CT molecular complexity index is 853. The van der Waals surface area contributed by atoms with E-state index >= 15 is 0 Å².